The summed E-state index contributed by atoms with van der Waals surface area (Å²) in [4.78, 5) is 28.2. The Morgan fingerprint density at radius 2 is 1.63 bits per heavy atom. The first-order valence-corrected chi connectivity index (χ1v) is 14.2. The van der Waals surface area contributed by atoms with Crippen molar-refractivity contribution in [3.8, 4) is 0 Å². The van der Waals surface area contributed by atoms with E-state index in [1.807, 2.05) is 52.0 Å². The summed E-state index contributed by atoms with van der Waals surface area (Å²) in [5.41, 5.74) is 3.80. The lowest BCUT2D eigenvalue weighted by molar-refractivity contribution is -0.140. The highest BCUT2D eigenvalue weighted by Gasteiger charge is 2.33. The molecule has 3 rings (SSSR count). The summed E-state index contributed by atoms with van der Waals surface area (Å²) in [7, 11) is -2.62. The van der Waals surface area contributed by atoms with Gasteiger partial charge in [-0.05, 0) is 62.6 Å². The average Bonchev–Trinajstić information content (AvgIpc) is 2.88. The topological polar surface area (TPSA) is 86.8 Å². The number of likely N-dealkylation sites (N-methyl/N-ethyl adjacent to an activating group) is 1. The molecule has 202 valence electrons. The lowest BCUT2D eigenvalue weighted by Gasteiger charge is -2.33. The van der Waals surface area contributed by atoms with E-state index in [-0.39, 0.29) is 23.0 Å². The minimum Gasteiger partial charge on any atom is -0.357 e. The maximum Gasteiger partial charge on any atom is 0.264 e. The van der Waals surface area contributed by atoms with E-state index in [0.717, 1.165) is 26.6 Å². The summed E-state index contributed by atoms with van der Waals surface area (Å²) < 4.78 is 28.8. The Bertz CT molecular complexity index is 1410. The van der Waals surface area contributed by atoms with Gasteiger partial charge in [0, 0.05) is 18.6 Å². The molecule has 0 aliphatic carbocycles. The summed E-state index contributed by atoms with van der Waals surface area (Å²) in [6.07, 6.45) is 0.359. The fourth-order valence-electron chi connectivity index (χ4n) is 4.20. The Hall–Kier alpha value is -3.36. The van der Waals surface area contributed by atoms with E-state index in [0.29, 0.717) is 11.4 Å². The van der Waals surface area contributed by atoms with E-state index in [1.54, 1.807) is 24.3 Å². The normalized spacial score (nSPS) is 12.1. The van der Waals surface area contributed by atoms with Gasteiger partial charge in [-0.1, -0.05) is 72.1 Å². The number of aryl methyl sites for hydroxylation is 3. The van der Waals surface area contributed by atoms with Crippen LogP contribution in [0.5, 0.6) is 0 Å². The largest absolute Gasteiger partial charge is 0.357 e. The summed E-state index contributed by atoms with van der Waals surface area (Å²) in [6, 6.07) is 18.2. The van der Waals surface area contributed by atoms with E-state index in [2.05, 4.69) is 5.32 Å². The number of hydrogen-bond donors (Lipinski definition) is 1. The van der Waals surface area contributed by atoms with Crippen molar-refractivity contribution in [3.05, 3.63) is 94.0 Å². The lowest BCUT2D eigenvalue weighted by atomic mass is 10.1. The molecule has 0 spiro atoms. The molecule has 0 aliphatic rings. The fraction of sp³-hybridized carbons (Fsp3) is 0.310. The van der Waals surface area contributed by atoms with Gasteiger partial charge in [-0.15, -0.1) is 0 Å². The Morgan fingerprint density at radius 3 is 2.21 bits per heavy atom. The molecule has 0 fully saturated rings. The molecule has 38 heavy (non-hydrogen) atoms. The van der Waals surface area contributed by atoms with E-state index in [9.17, 15) is 18.0 Å². The van der Waals surface area contributed by atoms with Crippen molar-refractivity contribution in [3.63, 3.8) is 0 Å². The number of benzene rings is 3. The molecule has 3 aromatic carbocycles. The van der Waals surface area contributed by atoms with Gasteiger partial charge in [-0.3, -0.25) is 13.9 Å². The number of sulfonamides is 1. The Morgan fingerprint density at radius 1 is 0.947 bits per heavy atom. The first-order chi connectivity index (χ1) is 18.0. The van der Waals surface area contributed by atoms with Gasteiger partial charge in [0.1, 0.15) is 12.6 Å². The quantitative estimate of drug-likeness (QED) is 0.381. The molecule has 1 unspecified atom stereocenters. The van der Waals surface area contributed by atoms with Crippen LogP contribution in [0.4, 0.5) is 5.69 Å². The lowest BCUT2D eigenvalue weighted by Crippen LogP contribution is -2.51. The third-order valence-corrected chi connectivity index (χ3v) is 8.59. The number of carbonyl (C=O) groups is 2. The zero-order valence-electron chi connectivity index (χ0n) is 22.4. The molecule has 0 heterocycles. The standard InChI is InChI=1S/C29H34ClN3O4S/c1-6-27(29(35)31-5)32(18-23-9-7-8-21(3)16-23)28(34)19-33(24-13-12-22(4)26(30)17-24)38(36,37)25-14-10-20(2)11-15-25/h7-17,27H,6,18-19H2,1-5H3,(H,31,35). The number of nitrogens with zero attached hydrogens (tertiary/aromatic N) is 2. The highest BCUT2D eigenvalue weighted by molar-refractivity contribution is 7.92. The van der Waals surface area contributed by atoms with Gasteiger partial charge in [0.15, 0.2) is 0 Å². The van der Waals surface area contributed by atoms with Crippen LogP contribution in [-0.2, 0) is 26.2 Å². The molecule has 7 nitrogen and oxygen atoms in total. The fourth-order valence-corrected chi connectivity index (χ4v) is 5.78. The van der Waals surface area contributed by atoms with Crippen LogP contribution >= 0.6 is 11.6 Å². The predicted molar refractivity (Wildman–Crippen MR) is 152 cm³/mol. The number of anilines is 1. The number of nitrogens with one attached hydrogen (secondary N) is 1. The van der Waals surface area contributed by atoms with Crippen LogP contribution in [0, 0.1) is 20.8 Å². The van der Waals surface area contributed by atoms with Crippen molar-refractivity contribution in [2.75, 3.05) is 17.9 Å². The Kier molecular flexibility index (Phi) is 9.57. The van der Waals surface area contributed by atoms with Crippen LogP contribution in [0.2, 0.25) is 5.02 Å². The number of carbonyl (C=O) groups excluding carboxylic acids is 2. The molecule has 1 N–H and O–H groups in total. The van der Waals surface area contributed by atoms with Crippen molar-refractivity contribution < 1.29 is 18.0 Å². The molecule has 0 saturated carbocycles. The molecule has 0 aromatic heterocycles. The molecular formula is C29H34ClN3O4S. The number of rotatable bonds is 10. The molecule has 0 radical (unpaired) electrons. The van der Waals surface area contributed by atoms with E-state index >= 15 is 0 Å². The van der Waals surface area contributed by atoms with Gasteiger partial charge in [0.2, 0.25) is 11.8 Å². The first kappa shape index (κ1) is 29.2. The number of halogens is 1. The summed E-state index contributed by atoms with van der Waals surface area (Å²) in [5.74, 6) is -0.825. The predicted octanol–water partition coefficient (Wildman–Crippen LogP) is 5.01. The van der Waals surface area contributed by atoms with Crippen LogP contribution in [0.3, 0.4) is 0 Å². The molecule has 1 atom stereocenters. The van der Waals surface area contributed by atoms with Gasteiger partial charge in [-0.2, -0.15) is 0 Å². The first-order valence-electron chi connectivity index (χ1n) is 12.4. The van der Waals surface area contributed by atoms with E-state index in [1.165, 1.54) is 30.1 Å². The van der Waals surface area contributed by atoms with Gasteiger partial charge in [0.25, 0.3) is 10.0 Å². The minimum atomic E-state index is -4.14. The van der Waals surface area contributed by atoms with E-state index in [4.69, 9.17) is 11.6 Å². The van der Waals surface area contributed by atoms with Crippen LogP contribution in [-0.4, -0.2) is 44.8 Å². The minimum absolute atomic E-state index is 0.0520. The van der Waals surface area contributed by atoms with Crippen LogP contribution < -0.4 is 9.62 Å². The summed E-state index contributed by atoms with van der Waals surface area (Å²) in [5, 5.41) is 3.01. The Labute approximate surface area is 230 Å². The average molecular weight is 556 g/mol. The second-order valence-corrected chi connectivity index (χ2v) is 11.6. The second-order valence-electron chi connectivity index (χ2n) is 9.31. The molecule has 3 aromatic rings. The van der Waals surface area contributed by atoms with Crippen molar-refractivity contribution in [2.45, 2.75) is 51.6 Å². The van der Waals surface area contributed by atoms with Crippen molar-refractivity contribution >= 4 is 39.1 Å². The van der Waals surface area contributed by atoms with Crippen LogP contribution in [0.25, 0.3) is 0 Å². The summed E-state index contributed by atoms with van der Waals surface area (Å²) >= 11 is 6.36. The number of hydrogen-bond acceptors (Lipinski definition) is 4. The highest BCUT2D eigenvalue weighted by atomic mass is 35.5. The molecule has 0 saturated heterocycles. The van der Waals surface area contributed by atoms with Crippen LogP contribution in [0.1, 0.15) is 35.6 Å². The molecule has 9 heteroatoms. The maximum atomic E-state index is 13.9. The van der Waals surface area contributed by atoms with Gasteiger partial charge in [0.05, 0.1) is 10.6 Å². The van der Waals surface area contributed by atoms with Crippen molar-refractivity contribution in [2.24, 2.45) is 0 Å². The van der Waals surface area contributed by atoms with Crippen LogP contribution in [0.15, 0.2) is 71.6 Å². The zero-order chi connectivity index (χ0) is 28.0. The van der Waals surface area contributed by atoms with Gasteiger partial charge in [-0.25, -0.2) is 8.42 Å². The molecule has 0 aliphatic heterocycles. The van der Waals surface area contributed by atoms with E-state index < -0.39 is 28.5 Å². The second kappa shape index (κ2) is 12.5. The SMILES string of the molecule is CCC(C(=O)NC)N(Cc1cccc(C)c1)C(=O)CN(c1ccc(C)c(Cl)c1)S(=O)(=O)c1ccc(C)cc1. The highest BCUT2D eigenvalue weighted by Crippen LogP contribution is 2.29. The molecular weight excluding hydrogens is 522 g/mol. The summed E-state index contributed by atoms with van der Waals surface area (Å²) in [6.45, 7) is 7.09. The smallest absolute Gasteiger partial charge is 0.264 e. The monoisotopic (exact) mass is 555 g/mol. The molecule has 2 amide bonds. The maximum absolute atomic E-state index is 13.9. The van der Waals surface area contributed by atoms with Crippen molar-refractivity contribution in [1.82, 2.24) is 10.2 Å². The molecule has 0 bridgehead atoms. The van der Waals surface area contributed by atoms with Gasteiger partial charge >= 0.3 is 0 Å². The Balaban J connectivity index is 2.09. The van der Waals surface area contributed by atoms with Crippen molar-refractivity contribution in [1.29, 1.82) is 0 Å². The van der Waals surface area contributed by atoms with Gasteiger partial charge < -0.3 is 10.2 Å². The third-order valence-electron chi connectivity index (χ3n) is 6.40. The zero-order valence-corrected chi connectivity index (χ0v) is 23.9. The third kappa shape index (κ3) is 6.74. The number of amides is 2.